The van der Waals surface area contributed by atoms with Gasteiger partial charge in [-0.25, -0.2) is 4.39 Å². The molecule has 17 heavy (non-hydrogen) atoms. The van der Waals surface area contributed by atoms with Crippen LogP contribution in [0.2, 0.25) is 0 Å². The van der Waals surface area contributed by atoms with Crippen molar-refractivity contribution >= 4 is 5.69 Å². The van der Waals surface area contributed by atoms with Crippen LogP contribution < -0.4 is 11.3 Å². The Labute approximate surface area is 98.3 Å². The van der Waals surface area contributed by atoms with Gasteiger partial charge in [-0.05, 0) is 25.1 Å². The molecule has 2 N–H and O–H groups in total. The van der Waals surface area contributed by atoms with Crippen LogP contribution in [0.25, 0.3) is 0 Å². The first-order valence-corrected chi connectivity index (χ1v) is 5.28. The number of benzene rings is 1. The van der Waals surface area contributed by atoms with Crippen LogP contribution in [0.5, 0.6) is 0 Å². The van der Waals surface area contributed by atoms with Gasteiger partial charge >= 0.3 is 0 Å². The average Bonchev–Trinajstić information content (AvgIpc) is 2.26. The Hall–Kier alpha value is -2.10. The van der Waals surface area contributed by atoms with E-state index >= 15 is 0 Å². The smallest absolute Gasteiger partial charge is 0.251 e. The third-order valence-corrected chi connectivity index (χ3v) is 2.67. The van der Waals surface area contributed by atoms with Crippen LogP contribution in [-0.2, 0) is 6.54 Å². The summed E-state index contributed by atoms with van der Waals surface area (Å²) < 4.78 is 15.1. The lowest BCUT2D eigenvalue weighted by Gasteiger charge is -2.10. The van der Waals surface area contributed by atoms with Gasteiger partial charge in [0.25, 0.3) is 5.56 Å². The zero-order valence-electron chi connectivity index (χ0n) is 9.48. The Balaban J connectivity index is 2.42. The molecule has 4 heteroatoms. The molecular formula is C13H13FN2O. The lowest BCUT2D eigenvalue weighted by atomic mass is 10.2. The van der Waals surface area contributed by atoms with E-state index in [0.717, 1.165) is 5.69 Å². The van der Waals surface area contributed by atoms with Crippen LogP contribution in [0, 0.1) is 12.7 Å². The third kappa shape index (κ3) is 2.36. The van der Waals surface area contributed by atoms with E-state index in [-0.39, 0.29) is 17.9 Å². The average molecular weight is 232 g/mol. The molecule has 0 aliphatic carbocycles. The second-order valence-electron chi connectivity index (χ2n) is 3.94. The van der Waals surface area contributed by atoms with E-state index in [4.69, 9.17) is 5.73 Å². The minimum absolute atomic E-state index is 0.138. The molecule has 0 amide bonds. The van der Waals surface area contributed by atoms with Crippen molar-refractivity contribution < 1.29 is 4.39 Å². The summed E-state index contributed by atoms with van der Waals surface area (Å²) in [4.78, 5) is 11.6. The molecule has 0 aliphatic rings. The van der Waals surface area contributed by atoms with Gasteiger partial charge in [0.1, 0.15) is 5.82 Å². The van der Waals surface area contributed by atoms with E-state index in [1.807, 2.05) is 13.0 Å². The van der Waals surface area contributed by atoms with E-state index in [0.29, 0.717) is 11.3 Å². The van der Waals surface area contributed by atoms with Gasteiger partial charge < -0.3 is 10.3 Å². The SMILES string of the molecule is Cc1cccc(=O)n1Cc1ccc(N)cc1F. The minimum atomic E-state index is -0.389. The molecule has 0 saturated heterocycles. The van der Waals surface area contributed by atoms with Crippen molar-refractivity contribution in [2.24, 2.45) is 0 Å². The molecule has 0 spiro atoms. The summed E-state index contributed by atoms with van der Waals surface area (Å²) in [7, 11) is 0. The molecule has 0 bridgehead atoms. The lowest BCUT2D eigenvalue weighted by Crippen LogP contribution is -2.21. The minimum Gasteiger partial charge on any atom is -0.399 e. The van der Waals surface area contributed by atoms with Gasteiger partial charge in [-0.2, -0.15) is 0 Å². The zero-order chi connectivity index (χ0) is 12.4. The van der Waals surface area contributed by atoms with Gasteiger partial charge in [0.2, 0.25) is 0 Å². The second kappa shape index (κ2) is 4.41. The van der Waals surface area contributed by atoms with Gasteiger partial charge in [0.05, 0.1) is 6.54 Å². The highest BCUT2D eigenvalue weighted by Crippen LogP contribution is 2.13. The predicted octanol–water partition coefficient (Wildman–Crippen LogP) is 1.93. The Morgan fingerprint density at radius 3 is 2.71 bits per heavy atom. The quantitative estimate of drug-likeness (QED) is 0.804. The van der Waals surface area contributed by atoms with E-state index in [2.05, 4.69) is 0 Å². The van der Waals surface area contributed by atoms with Crippen molar-refractivity contribution in [3.8, 4) is 0 Å². The summed E-state index contributed by atoms with van der Waals surface area (Å²) >= 11 is 0. The molecule has 0 saturated carbocycles. The van der Waals surface area contributed by atoms with Gasteiger partial charge in [0, 0.05) is 23.0 Å². The predicted molar refractivity (Wildman–Crippen MR) is 65.4 cm³/mol. The molecule has 0 fully saturated rings. The number of aromatic nitrogens is 1. The van der Waals surface area contributed by atoms with Crippen molar-refractivity contribution in [1.29, 1.82) is 0 Å². The summed E-state index contributed by atoms with van der Waals surface area (Å²) in [5, 5.41) is 0. The zero-order valence-corrected chi connectivity index (χ0v) is 9.48. The number of anilines is 1. The van der Waals surface area contributed by atoms with Crippen molar-refractivity contribution in [3.63, 3.8) is 0 Å². The Morgan fingerprint density at radius 1 is 1.29 bits per heavy atom. The van der Waals surface area contributed by atoms with E-state index < -0.39 is 0 Å². The number of halogens is 1. The van der Waals surface area contributed by atoms with E-state index in [9.17, 15) is 9.18 Å². The normalized spacial score (nSPS) is 10.5. The van der Waals surface area contributed by atoms with E-state index in [1.54, 1.807) is 18.2 Å². The molecule has 1 aromatic heterocycles. The number of nitrogens with zero attached hydrogens (tertiary/aromatic N) is 1. The van der Waals surface area contributed by atoms with Crippen LogP contribution in [-0.4, -0.2) is 4.57 Å². The molecule has 2 rings (SSSR count). The van der Waals surface area contributed by atoms with Crippen molar-refractivity contribution in [2.75, 3.05) is 5.73 Å². The largest absolute Gasteiger partial charge is 0.399 e. The number of nitrogens with two attached hydrogens (primary N) is 1. The van der Waals surface area contributed by atoms with Crippen LogP contribution in [0.4, 0.5) is 10.1 Å². The molecule has 0 atom stereocenters. The van der Waals surface area contributed by atoms with Crippen LogP contribution in [0.3, 0.4) is 0 Å². The summed E-state index contributed by atoms with van der Waals surface area (Å²) in [6.45, 7) is 2.04. The first kappa shape index (κ1) is 11.4. The molecule has 0 aliphatic heterocycles. The maximum Gasteiger partial charge on any atom is 0.251 e. The monoisotopic (exact) mass is 232 g/mol. The standard InChI is InChI=1S/C13H13FN2O/c1-9-3-2-4-13(17)16(9)8-10-5-6-11(15)7-12(10)14/h2-7H,8,15H2,1H3. The highest BCUT2D eigenvalue weighted by atomic mass is 19.1. The molecule has 0 radical (unpaired) electrons. The van der Waals surface area contributed by atoms with E-state index in [1.165, 1.54) is 16.7 Å². The van der Waals surface area contributed by atoms with Crippen molar-refractivity contribution in [2.45, 2.75) is 13.5 Å². The molecule has 1 heterocycles. The van der Waals surface area contributed by atoms with Crippen LogP contribution in [0.1, 0.15) is 11.3 Å². The molecule has 2 aromatic rings. The highest BCUT2D eigenvalue weighted by molar-refractivity contribution is 5.40. The summed E-state index contributed by atoms with van der Waals surface area (Å²) in [6.07, 6.45) is 0. The molecule has 1 aromatic carbocycles. The van der Waals surface area contributed by atoms with Crippen LogP contribution >= 0.6 is 0 Å². The number of hydrogen-bond donors (Lipinski definition) is 1. The lowest BCUT2D eigenvalue weighted by molar-refractivity contribution is 0.594. The number of nitrogen functional groups attached to an aromatic ring is 1. The first-order chi connectivity index (χ1) is 8.08. The summed E-state index contributed by atoms with van der Waals surface area (Å²) in [6, 6.07) is 9.45. The van der Waals surface area contributed by atoms with Gasteiger partial charge in [-0.1, -0.05) is 12.1 Å². The third-order valence-electron chi connectivity index (χ3n) is 2.67. The Bertz CT molecular complexity index is 605. The maximum absolute atomic E-state index is 13.6. The van der Waals surface area contributed by atoms with Crippen molar-refractivity contribution in [3.05, 3.63) is 63.8 Å². The van der Waals surface area contributed by atoms with Crippen molar-refractivity contribution in [1.82, 2.24) is 4.57 Å². The fraction of sp³-hybridized carbons (Fsp3) is 0.154. The molecular weight excluding hydrogens is 219 g/mol. The maximum atomic E-state index is 13.6. The highest BCUT2D eigenvalue weighted by Gasteiger charge is 2.06. The number of rotatable bonds is 2. The molecule has 0 unspecified atom stereocenters. The Morgan fingerprint density at radius 2 is 2.06 bits per heavy atom. The molecule has 88 valence electrons. The van der Waals surface area contributed by atoms with Crippen LogP contribution in [0.15, 0.2) is 41.2 Å². The van der Waals surface area contributed by atoms with Gasteiger partial charge in [0.15, 0.2) is 0 Å². The number of pyridine rings is 1. The summed E-state index contributed by atoms with van der Waals surface area (Å²) in [5.41, 5.74) is 6.97. The van der Waals surface area contributed by atoms with Gasteiger partial charge in [-0.3, -0.25) is 4.79 Å². The Kier molecular flexibility index (Phi) is 2.95. The fourth-order valence-corrected chi connectivity index (χ4v) is 1.69. The summed E-state index contributed by atoms with van der Waals surface area (Å²) in [5.74, 6) is -0.389. The molecule has 3 nitrogen and oxygen atoms in total. The number of hydrogen-bond acceptors (Lipinski definition) is 2. The second-order valence-corrected chi connectivity index (χ2v) is 3.94. The fourth-order valence-electron chi connectivity index (χ4n) is 1.69. The first-order valence-electron chi connectivity index (χ1n) is 5.28. The topological polar surface area (TPSA) is 48.0 Å². The number of aryl methyl sites for hydroxylation is 1. The van der Waals surface area contributed by atoms with Gasteiger partial charge in [-0.15, -0.1) is 0 Å².